The molecule has 0 bridgehead atoms. The van der Waals surface area contributed by atoms with Gasteiger partial charge in [0.15, 0.2) is 0 Å². The molecular weight excluding hydrogens is 386 g/mol. The number of amides is 2. The zero-order chi connectivity index (χ0) is 20.3. The van der Waals surface area contributed by atoms with E-state index in [9.17, 15) is 9.59 Å². The number of anilines is 1. The maximum Gasteiger partial charge on any atom is 0.251 e. The van der Waals surface area contributed by atoms with Crippen LogP contribution in [0, 0.1) is 27.7 Å². The Kier molecular flexibility index (Phi) is 6.73. The predicted octanol–water partition coefficient (Wildman–Crippen LogP) is 3.81. The van der Waals surface area contributed by atoms with Crippen molar-refractivity contribution >= 4 is 40.9 Å². The quantitative estimate of drug-likeness (QED) is 0.710. The number of hydrogen-bond donors (Lipinski definition) is 2. The Balaban J connectivity index is 2.20. The van der Waals surface area contributed by atoms with Crippen LogP contribution in [0.15, 0.2) is 17.2 Å². The lowest BCUT2D eigenvalue weighted by molar-refractivity contribution is -0.113. The second-order valence-electron chi connectivity index (χ2n) is 6.13. The molecule has 0 radical (unpaired) electrons. The number of carbonyl (C=O) groups excluding carboxylic acids is 2. The van der Waals surface area contributed by atoms with Gasteiger partial charge in [-0.15, -0.1) is 0 Å². The van der Waals surface area contributed by atoms with Gasteiger partial charge in [0.05, 0.1) is 24.1 Å². The molecule has 27 heavy (non-hydrogen) atoms. The lowest BCUT2D eigenvalue weighted by Gasteiger charge is -2.14. The standard InChI is InChI=1S/C19H22ClN3O3S/c1-9-6-14(15(26-5)7-13(9)20)23-16(24)8-27-19-17(18(21)25)11(3)10(2)12(4)22-19/h6-7H,8H2,1-5H3,(H2,21,25)(H,23,24). The fourth-order valence-electron chi connectivity index (χ4n) is 2.56. The highest BCUT2D eigenvalue weighted by Gasteiger charge is 2.19. The van der Waals surface area contributed by atoms with Gasteiger partial charge in [0.1, 0.15) is 10.8 Å². The number of aryl methyl sites for hydroxylation is 2. The first-order chi connectivity index (χ1) is 12.6. The minimum atomic E-state index is -0.555. The van der Waals surface area contributed by atoms with E-state index in [2.05, 4.69) is 10.3 Å². The molecule has 1 aromatic heterocycles. The first-order valence-electron chi connectivity index (χ1n) is 8.20. The molecule has 0 aliphatic rings. The van der Waals surface area contributed by atoms with E-state index < -0.39 is 5.91 Å². The van der Waals surface area contributed by atoms with Gasteiger partial charge < -0.3 is 15.8 Å². The van der Waals surface area contributed by atoms with Crippen molar-refractivity contribution in [2.75, 3.05) is 18.2 Å². The summed E-state index contributed by atoms with van der Waals surface area (Å²) in [5.74, 6) is -0.267. The maximum atomic E-state index is 12.4. The summed E-state index contributed by atoms with van der Waals surface area (Å²) in [7, 11) is 1.51. The van der Waals surface area contributed by atoms with E-state index in [4.69, 9.17) is 22.1 Å². The second-order valence-corrected chi connectivity index (χ2v) is 7.50. The first-order valence-corrected chi connectivity index (χ1v) is 9.56. The molecule has 1 heterocycles. The summed E-state index contributed by atoms with van der Waals surface area (Å²) in [5, 5.41) is 3.81. The van der Waals surface area contributed by atoms with Crippen LogP contribution in [0.5, 0.6) is 5.75 Å². The minimum Gasteiger partial charge on any atom is -0.495 e. The van der Waals surface area contributed by atoms with Gasteiger partial charge >= 0.3 is 0 Å². The number of benzene rings is 1. The summed E-state index contributed by atoms with van der Waals surface area (Å²) in [4.78, 5) is 28.7. The van der Waals surface area contributed by atoms with Crippen LogP contribution in [0.3, 0.4) is 0 Å². The number of ether oxygens (including phenoxy) is 1. The van der Waals surface area contributed by atoms with E-state index in [0.717, 1.165) is 22.4 Å². The van der Waals surface area contributed by atoms with Gasteiger partial charge in [-0.25, -0.2) is 4.98 Å². The van der Waals surface area contributed by atoms with Crippen molar-refractivity contribution in [3.63, 3.8) is 0 Å². The van der Waals surface area contributed by atoms with Crippen molar-refractivity contribution in [1.29, 1.82) is 0 Å². The molecule has 2 rings (SSSR count). The zero-order valence-corrected chi connectivity index (χ0v) is 17.5. The molecule has 8 heteroatoms. The fourth-order valence-corrected chi connectivity index (χ4v) is 3.65. The monoisotopic (exact) mass is 407 g/mol. The van der Waals surface area contributed by atoms with Crippen molar-refractivity contribution in [1.82, 2.24) is 4.98 Å². The Hall–Kier alpha value is -2.25. The number of pyridine rings is 1. The number of primary amides is 1. The van der Waals surface area contributed by atoms with E-state index in [-0.39, 0.29) is 11.7 Å². The number of halogens is 1. The normalized spacial score (nSPS) is 10.6. The number of thioether (sulfide) groups is 1. The summed E-state index contributed by atoms with van der Waals surface area (Å²) >= 11 is 7.25. The number of nitrogens with two attached hydrogens (primary N) is 1. The summed E-state index contributed by atoms with van der Waals surface area (Å²) in [6, 6.07) is 3.40. The predicted molar refractivity (Wildman–Crippen MR) is 109 cm³/mol. The van der Waals surface area contributed by atoms with E-state index >= 15 is 0 Å². The highest BCUT2D eigenvalue weighted by atomic mass is 35.5. The molecular formula is C19H22ClN3O3S. The van der Waals surface area contributed by atoms with Gasteiger partial charge in [0.25, 0.3) is 5.91 Å². The third-order valence-electron chi connectivity index (χ3n) is 4.30. The minimum absolute atomic E-state index is 0.0695. The fraction of sp³-hybridized carbons (Fsp3) is 0.316. The molecule has 0 spiro atoms. The molecule has 1 aromatic carbocycles. The van der Waals surface area contributed by atoms with Gasteiger partial charge in [-0.05, 0) is 50.5 Å². The van der Waals surface area contributed by atoms with Crippen LogP contribution in [0.1, 0.15) is 32.7 Å². The van der Waals surface area contributed by atoms with Crippen molar-refractivity contribution in [2.45, 2.75) is 32.7 Å². The van der Waals surface area contributed by atoms with Crippen LogP contribution in [-0.2, 0) is 4.79 Å². The summed E-state index contributed by atoms with van der Waals surface area (Å²) in [5.41, 5.74) is 9.72. The highest BCUT2D eigenvalue weighted by molar-refractivity contribution is 8.00. The molecule has 0 atom stereocenters. The van der Waals surface area contributed by atoms with Gasteiger partial charge in [-0.2, -0.15) is 0 Å². The molecule has 0 saturated carbocycles. The van der Waals surface area contributed by atoms with Crippen molar-refractivity contribution < 1.29 is 14.3 Å². The Labute approximate surface area is 167 Å². The molecule has 0 aliphatic carbocycles. The number of rotatable bonds is 6. The molecule has 6 nitrogen and oxygen atoms in total. The van der Waals surface area contributed by atoms with Crippen LogP contribution in [0.2, 0.25) is 5.02 Å². The van der Waals surface area contributed by atoms with E-state index in [1.54, 1.807) is 12.1 Å². The molecule has 0 saturated heterocycles. The number of aromatic nitrogens is 1. The smallest absolute Gasteiger partial charge is 0.251 e. The summed E-state index contributed by atoms with van der Waals surface area (Å²) in [6.07, 6.45) is 0. The Morgan fingerprint density at radius 3 is 2.48 bits per heavy atom. The SMILES string of the molecule is COc1cc(Cl)c(C)cc1NC(=O)CSc1nc(C)c(C)c(C)c1C(N)=O. The van der Waals surface area contributed by atoms with Gasteiger partial charge in [0.2, 0.25) is 5.91 Å². The van der Waals surface area contributed by atoms with Crippen molar-refractivity contribution in [3.05, 3.63) is 45.1 Å². The van der Waals surface area contributed by atoms with Crippen LogP contribution in [-0.4, -0.2) is 29.7 Å². The van der Waals surface area contributed by atoms with Gasteiger partial charge in [0, 0.05) is 16.8 Å². The third-order valence-corrected chi connectivity index (χ3v) is 5.69. The van der Waals surface area contributed by atoms with Crippen LogP contribution < -0.4 is 15.8 Å². The number of nitrogens with one attached hydrogen (secondary N) is 1. The van der Waals surface area contributed by atoms with Crippen LogP contribution in [0.4, 0.5) is 5.69 Å². The Morgan fingerprint density at radius 1 is 1.22 bits per heavy atom. The average Bonchev–Trinajstić information content (AvgIpc) is 2.60. The average molecular weight is 408 g/mol. The molecule has 0 unspecified atom stereocenters. The number of methoxy groups -OCH3 is 1. The van der Waals surface area contributed by atoms with Crippen LogP contribution >= 0.6 is 23.4 Å². The Morgan fingerprint density at radius 2 is 1.89 bits per heavy atom. The molecule has 144 valence electrons. The number of nitrogens with zero attached hydrogens (tertiary/aromatic N) is 1. The highest BCUT2D eigenvalue weighted by Crippen LogP contribution is 2.31. The van der Waals surface area contributed by atoms with E-state index in [1.165, 1.54) is 18.9 Å². The largest absolute Gasteiger partial charge is 0.495 e. The lowest BCUT2D eigenvalue weighted by atomic mass is 10.0. The number of hydrogen-bond acceptors (Lipinski definition) is 5. The summed E-state index contributed by atoms with van der Waals surface area (Å²) in [6.45, 7) is 7.42. The van der Waals surface area contributed by atoms with Gasteiger partial charge in [-0.3, -0.25) is 9.59 Å². The molecule has 2 aromatic rings. The lowest BCUT2D eigenvalue weighted by Crippen LogP contribution is -2.19. The molecule has 0 aliphatic heterocycles. The number of carbonyl (C=O) groups is 2. The van der Waals surface area contributed by atoms with Gasteiger partial charge in [-0.1, -0.05) is 23.4 Å². The maximum absolute atomic E-state index is 12.4. The third kappa shape index (κ3) is 4.73. The Bertz CT molecular complexity index is 916. The molecule has 2 amide bonds. The topological polar surface area (TPSA) is 94.3 Å². The zero-order valence-electron chi connectivity index (χ0n) is 15.9. The van der Waals surface area contributed by atoms with E-state index in [0.29, 0.717) is 27.0 Å². The van der Waals surface area contributed by atoms with Crippen molar-refractivity contribution in [2.24, 2.45) is 5.73 Å². The van der Waals surface area contributed by atoms with Crippen LogP contribution in [0.25, 0.3) is 0 Å². The second kappa shape index (κ2) is 8.63. The van der Waals surface area contributed by atoms with Crippen molar-refractivity contribution in [3.8, 4) is 5.75 Å². The molecule has 0 fully saturated rings. The molecule has 3 N–H and O–H groups in total. The summed E-state index contributed by atoms with van der Waals surface area (Å²) < 4.78 is 5.26. The van der Waals surface area contributed by atoms with E-state index in [1.807, 2.05) is 27.7 Å². The first kappa shape index (κ1) is 21.1.